The smallest absolute Gasteiger partial charge is 0.337 e. The SMILES string of the molecule is CCN(CC)CCN(C(=O)c1ccc(C(=O)OC)cc1)c1nc2c(OC)ccc(Cl)c2s1.Cl. The first-order chi connectivity index (χ1) is 15.4. The van der Waals surface area contributed by atoms with E-state index in [4.69, 9.17) is 26.1 Å². The Bertz CT molecular complexity index is 1100. The van der Waals surface area contributed by atoms with Crippen LogP contribution in [0.5, 0.6) is 5.75 Å². The van der Waals surface area contributed by atoms with Crippen LogP contribution in [0.2, 0.25) is 5.02 Å². The van der Waals surface area contributed by atoms with Gasteiger partial charge in [0.15, 0.2) is 5.13 Å². The van der Waals surface area contributed by atoms with E-state index in [-0.39, 0.29) is 18.3 Å². The summed E-state index contributed by atoms with van der Waals surface area (Å²) in [4.78, 5) is 33.8. The molecule has 0 aliphatic rings. The van der Waals surface area contributed by atoms with Crippen LogP contribution in [0.1, 0.15) is 34.6 Å². The van der Waals surface area contributed by atoms with Gasteiger partial charge in [-0.05, 0) is 49.5 Å². The van der Waals surface area contributed by atoms with E-state index in [1.807, 2.05) is 0 Å². The Hall–Kier alpha value is -2.39. The molecule has 0 radical (unpaired) electrons. The van der Waals surface area contributed by atoms with Gasteiger partial charge >= 0.3 is 5.97 Å². The van der Waals surface area contributed by atoms with Gasteiger partial charge in [0.05, 0.1) is 29.5 Å². The number of benzene rings is 2. The largest absolute Gasteiger partial charge is 0.494 e. The molecule has 3 aromatic rings. The summed E-state index contributed by atoms with van der Waals surface area (Å²) < 4.78 is 10.9. The maximum Gasteiger partial charge on any atom is 0.337 e. The van der Waals surface area contributed by atoms with Crippen LogP contribution in [-0.2, 0) is 4.74 Å². The molecule has 0 atom stereocenters. The monoisotopic (exact) mass is 511 g/mol. The first-order valence-electron chi connectivity index (χ1n) is 10.3. The van der Waals surface area contributed by atoms with Gasteiger partial charge < -0.3 is 14.4 Å². The predicted molar refractivity (Wildman–Crippen MR) is 136 cm³/mol. The highest BCUT2D eigenvalue weighted by Crippen LogP contribution is 2.39. The molecule has 0 N–H and O–H groups in total. The molecule has 7 nitrogen and oxygen atoms in total. The zero-order valence-electron chi connectivity index (χ0n) is 19.0. The minimum atomic E-state index is -0.449. The highest BCUT2D eigenvalue weighted by atomic mass is 35.5. The minimum absolute atomic E-state index is 0. The molecule has 1 amide bonds. The van der Waals surface area contributed by atoms with Gasteiger partial charge in [-0.2, -0.15) is 0 Å². The average molecular weight is 512 g/mol. The molecule has 0 saturated heterocycles. The number of amides is 1. The van der Waals surface area contributed by atoms with Gasteiger partial charge in [0.25, 0.3) is 5.91 Å². The number of carbonyl (C=O) groups is 2. The molecule has 0 spiro atoms. The van der Waals surface area contributed by atoms with Crippen LogP contribution in [0, 0.1) is 0 Å². The fourth-order valence-electron chi connectivity index (χ4n) is 3.31. The third-order valence-electron chi connectivity index (χ3n) is 5.23. The second-order valence-corrected chi connectivity index (χ2v) is 8.36. The van der Waals surface area contributed by atoms with Crippen molar-refractivity contribution in [3.05, 3.63) is 52.5 Å². The summed E-state index contributed by atoms with van der Waals surface area (Å²) in [5, 5.41) is 1.10. The second-order valence-electron chi connectivity index (χ2n) is 6.98. The molecule has 0 fully saturated rings. The van der Waals surface area contributed by atoms with E-state index in [2.05, 4.69) is 18.7 Å². The van der Waals surface area contributed by atoms with Crippen LogP contribution in [-0.4, -0.2) is 62.2 Å². The quantitative estimate of drug-likeness (QED) is 0.369. The fourth-order valence-corrected chi connectivity index (χ4v) is 4.59. The number of aromatic nitrogens is 1. The molecule has 1 heterocycles. The zero-order valence-corrected chi connectivity index (χ0v) is 21.4. The molecule has 0 saturated carbocycles. The maximum atomic E-state index is 13.5. The van der Waals surface area contributed by atoms with E-state index in [1.54, 1.807) is 48.4 Å². The lowest BCUT2D eigenvalue weighted by Gasteiger charge is -2.24. The molecule has 2 aromatic carbocycles. The van der Waals surface area contributed by atoms with Gasteiger partial charge in [-0.3, -0.25) is 9.69 Å². The molecule has 1 aromatic heterocycles. The first-order valence-corrected chi connectivity index (χ1v) is 11.5. The average Bonchev–Trinajstić information content (AvgIpc) is 3.27. The summed E-state index contributed by atoms with van der Waals surface area (Å²) >= 11 is 7.75. The number of ether oxygens (including phenoxy) is 2. The second kappa shape index (κ2) is 12.2. The first kappa shape index (κ1) is 26.9. The highest BCUT2D eigenvalue weighted by molar-refractivity contribution is 7.23. The number of fused-ring (bicyclic) bond motifs is 1. The molecule has 3 rings (SSSR count). The van der Waals surface area contributed by atoms with Gasteiger partial charge in [0.1, 0.15) is 11.3 Å². The predicted octanol–water partition coefficient (Wildman–Crippen LogP) is 5.16. The van der Waals surface area contributed by atoms with E-state index >= 15 is 0 Å². The van der Waals surface area contributed by atoms with Gasteiger partial charge in [-0.1, -0.05) is 36.8 Å². The Morgan fingerprint density at radius 1 is 1.00 bits per heavy atom. The van der Waals surface area contributed by atoms with Crippen molar-refractivity contribution in [1.82, 2.24) is 9.88 Å². The van der Waals surface area contributed by atoms with E-state index < -0.39 is 5.97 Å². The molecule has 10 heteroatoms. The van der Waals surface area contributed by atoms with Crippen molar-refractivity contribution in [2.75, 3.05) is 45.3 Å². The van der Waals surface area contributed by atoms with Crippen LogP contribution in [0.4, 0.5) is 5.13 Å². The third-order valence-corrected chi connectivity index (χ3v) is 6.77. The number of rotatable bonds is 9. The van der Waals surface area contributed by atoms with Crippen molar-refractivity contribution in [2.24, 2.45) is 0 Å². The Morgan fingerprint density at radius 3 is 2.21 bits per heavy atom. The minimum Gasteiger partial charge on any atom is -0.494 e. The number of hydrogen-bond donors (Lipinski definition) is 0. The van der Waals surface area contributed by atoms with Crippen LogP contribution in [0.3, 0.4) is 0 Å². The molecule has 33 heavy (non-hydrogen) atoms. The van der Waals surface area contributed by atoms with Crippen molar-refractivity contribution < 1.29 is 19.1 Å². The molecule has 0 unspecified atom stereocenters. The van der Waals surface area contributed by atoms with Crippen LogP contribution in [0.25, 0.3) is 10.2 Å². The topological polar surface area (TPSA) is 72.0 Å². The molecular formula is C23H27Cl2N3O4S. The van der Waals surface area contributed by atoms with Crippen molar-refractivity contribution in [3.8, 4) is 5.75 Å². The molecule has 0 aliphatic heterocycles. The molecule has 0 bridgehead atoms. The van der Waals surface area contributed by atoms with Crippen LogP contribution >= 0.6 is 35.3 Å². The number of esters is 1. The van der Waals surface area contributed by atoms with E-state index in [0.29, 0.717) is 45.6 Å². The van der Waals surface area contributed by atoms with Gasteiger partial charge in [-0.25, -0.2) is 9.78 Å². The summed E-state index contributed by atoms with van der Waals surface area (Å²) in [6, 6.07) is 9.94. The lowest BCUT2D eigenvalue weighted by molar-refractivity contribution is 0.0600. The number of nitrogens with zero attached hydrogens (tertiary/aromatic N) is 3. The van der Waals surface area contributed by atoms with Gasteiger partial charge in [0, 0.05) is 18.7 Å². The Labute approximate surface area is 208 Å². The number of thiazole rings is 1. The van der Waals surface area contributed by atoms with Crippen molar-refractivity contribution in [2.45, 2.75) is 13.8 Å². The highest BCUT2D eigenvalue weighted by Gasteiger charge is 2.24. The Balaban J connectivity index is 0.00000385. The van der Waals surface area contributed by atoms with E-state index in [9.17, 15) is 9.59 Å². The lowest BCUT2D eigenvalue weighted by Crippen LogP contribution is -2.38. The summed E-state index contributed by atoms with van der Waals surface area (Å²) in [6.07, 6.45) is 0. The number of carbonyl (C=O) groups excluding carboxylic acids is 2. The van der Waals surface area contributed by atoms with Crippen LogP contribution in [0.15, 0.2) is 36.4 Å². The normalized spacial score (nSPS) is 10.7. The third kappa shape index (κ3) is 5.95. The number of likely N-dealkylation sites (N-methyl/N-ethyl adjacent to an activating group) is 1. The van der Waals surface area contributed by atoms with Crippen molar-refractivity contribution >= 4 is 62.6 Å². The number of methoxy groups -OCH3 is 2. The molecule has 0 aliphatic carbocycles. The number of halogens is 2. The van der Waals surface area contributed by atoms with E-state index in [1.165, 1.54) is 18.4 Å². The summed E-state index contributed by atoms with van der Waals surface area (Å²) in [5.74, 6) is -0.0523. The zero-order chi connectivity index (χ0) is 23.3. The Morgan fingerprint density at radius 2 is 1.64 bits per heavy atom. The van der Waals surface area contributed by atoms with Gasteiger partial charge in [-0.15, -0.1) is 12.4 Å². The van der Waals surface area contributed by atoms with Crippen molar-refractivity contribution in [3.63, 3.8) is 0 Å². The number of anilines is 1. The maximum absolute atomic E-state index is 13.5. The molecule has 178 valence electrons. The summed E-state index contributed by atoms with van der Waals surface area (Å²) in [5.41, 5.74) is 1.46. The van der Waals surface area contributed by atoms with Crippen LogP contribution < -0.4 is 9.64 Å². The molecular weight excluding hydrogens is 485 g/mol. The van der Waals surface area contributed by atoms with Crippen molar-refractivity contribution in [1.29, 1.82) is 0 Å². The summed E-state index contributed by atoms with van der Waals surface area (Å²) in [6.45, 7) is 7.09. The fraction of sp³-hybridized carbons (Fsp3) is 0.348. The van der Waals surface area contributed by atoms with Gasteiger partial charge in [0.2, 0.25) is 0 Å². The Kier molecular flexibility index (Phi) is 9.91. The number of hydrogen-bond acceptors (Lipinski definition) is 7. The lowest BCUT2D eigenvalue weighted by atomic mass is 10.1. The summed E-state index contributed by atoms with van der Waals surface area (Å²) in [7, 11) is 2.90. The standard InChI is InChI=1S/C23H26ClN3O4S.ClH/c1-5-26(6-2)13-14-27(21(28)15-7-9-16(10-8-15)22(29)31-4)23-25-19-18(30-3)12-11-17(24)20(19)32-23;/h7-12H,5-6,13-14H2,1-4H3;1H. The van der Waals surface area contributed by atoms with E-state index in [0.717, 1.165) is 17.8 Å².